The van der Waals surface area contributed by atoms with Crippen LogP contribution in [-0.4, -0.2) is 113 Å². The Bertz CT molecular complexity index is 1130. The van der Waals surface area contributed by atoms with E-state index in [4.69, 9.17) is 15.8 Å². The molecule has 3 atom stereocenters. The minimum atomic E-state index is -1.63. The maximum Gasteiger partial charge on any atom is 1.00 e. The summed E-state index contributed by atoms with van der Waals surface area (Å²) in [6, 6.07) is -4.32. The number of hydrogen-bond donors (Lipinski definition) is 3. The molecule has 3 N–H and O–H groups in total. The van der Waals surface area contributed by atoms with Crippen LogP contribution in [0.1, 0.15) is 59.3 Å². The van der Waals surface area contributed by atoms with Crippen LogP contribution in [0.15, 0.2) is 0 Å². The zero-order valence-electron chi connectivity index (χ0n) is 25.2. The average Bonchev–Trinajstić information content (AvgIpc) is 2.85. The molecular weight excluding hydrogens is 579 g/mol. The summed E-state index contributed by atoms with van der Waals surface area (Å²) in [6.45, 7) is 4.62. The van der Waals surface area contributed by atoms with Gasteiger partial charge in [0.15, 0.2) is 0 Å². The Kier molecular flexibility index (Phi) is 20.4. The molecule has 0 fully saturated rings. The van der Waals surface area contributed by atoms with E-state index in [1.165, 1.54) is 4.90 Å². The molecule has 0 unspecified atom stereocenters. The molecule has 0 rings (SSSR count). The third kappa shape index (κ3) is 20.0. The number of Topliss-reactive ketones (excluding diaryl/α,β-unsaturated/α-hetero) is 2. The van der Waals surface area contributed by atoms with Crippen molar-refractivity contribution in [3.63, 3.8) is 0 Å². The van der Waals surface area contributed by atoms with Crippen molar-refractivity contribution in [2.75, 3.05) is 20.6 Å². The molecule has 0 saturated heterocycles. The van der Waals surface area contributed by atoms with Crippen molar-refractivity contribution in [2.24, 2.45) is 0 Å². The number of carbonyl (C=O) groups excluding carboxylic acids is 7. The quantitative estimate of drug-likeness (QED) is 0.0407. The fourth-order valence-corrected chi connectivity index (χ4v) is 3.31. The number of esters is 1. The van der Waals surface area contributed by atoms with Gasteiger partial charge in [0.05, 0.1) is 18.6 Å². The second kappa shape index (κ2) is 21.2. The number of rotatable bonds is 19. The second-order valence-electron chi connectivity index (χ2n) is 10.4. The average molecular weight is 617 g/mol. The summed E-state index contributed by atoms with van der Waals surface area (Å²) in [7, 11) is 3.19. The summed E-state index contributed by atoms with van der Waals surface area (Å²) in [6.07, 6.45) is -0.906. The Morgan fingerprint density at radius 1 is 0.791 bits per heavy atom. The number of ether oxygens (including phenoxy) is 1. The zero-order chi connectivity index (χ0) is 32.5. The van der Waals surface area contributed by atoms with Crippen LogP contribution in [0.5, 0.6) is 0 Å². The summed E-state index contributed by atoms with van der Waals surface area (Å²) in [4.78, 5) is 92.2. The maximum absolute atomic E-state index is 13.1. The van der Waals surface area contributed by atoms with E-state index in [-0.39, 0.29) is 68.2 Å². The van der Waals surface area contributed by atoms with Gasteiger partial charge < -0.3 is 46.6 Å². The molecule has 17 nitrogen and oxygen atoms in total. The molecule has 0 aromatic rings. The summed E-state index contributed by atoms with van der Waals surface area (Å²) < 4.78 is 5.29. The zero-order valence-corrected chi connectivity index (χ0v) is 27.2. The van der Waals surface area contributed by atoms with Gasteiger partial charge in [0, 0.05) is 19.3 Å². The van der Waals surface area contributed by atoms with Gasteiger partial charge in [0.25, 0.3) is 0 Å². The van der Waals surface area contributed by atoms with Crippen molar-refractivity contribution in [1.29, 1.82) is 0 Å². The van der Waals surface area contributed by atoms with Gasteiger partial charge in [-0.3, -0.25) is 24.0 Å². The predicted molar refractivity (Wildman–Crippen MR) is 142 cm³/mol. The molecule has 0 aliphatic heterocycles. The van der Waals surface area contributed by atoms with Gasteiger partial charge in [-0.15, -0.1) is 0 Å². The molecule has 0 spiro atoms. The number of nitrogens with one attached hydrogen (secondary N) is 3. The minimum Gasteiger partial charge on any atom is -0.548 e. The number of likely N-dealkylation sites (N-methyl/N-ethyl adjacent to an activating group) is 1. The number of aliphatic carboxylic acids is 1. The van der Waals surface area contributed by atoms with Gasteiger partial charge in [0.2, 0.25) is 29.3 Å². The molecular formula is C25H37N8NaO9. The number of nitrogens with zero attached hydrogens (tertiary/aromatic N) is 5. The third-order valence-electron chi connectivity index (χ3n) is 5.16. The molecule has 0 aromatic carbocycles. The maximum atomic E-state index is 13.1. The number of hydrogen-bond acceptors (Lipinski definition) is 10. The molecule has 232 valence electrons. The fourth-order valence-electron chi connectivity index (χ4n) is 3.31. The second-order valence-corrected chi connectivity index (χ2v) is 10.4. The number of amides is 3. The summed E-state index contributed by atoms with van der Waals surface area (Å²) in [5.74, 6) is -6.25. The molecule has 0 radical (unpaired) electrons. The van der Waals surface area contributed by atoms with E-state index in [0.717, 1.165) is 0 Å². The standard InChI is InChI=1S/C25H38N8O9.Na/c1-25(2,3)42-24(41)19(9-7-16(35)13-29-27)32-22(38)17(8-6-15(34)12-28-26)30-20(36)11-10-18(23(39)40)31-21(37)14-33(4)5;/h12-13,17-19H,6-11,14H2,1-5H3,(H,30,36)(H,31,37)(H,32,38)(H,39,40);/q;+1/p-1/t17-,18-,19-;/m0./s1. The van der Waals surface area contributed by atoms with Gasteiger partial charge in [-0.2, -0.15) is 9.58 Å². The van der Waals surface area contributed by atoms with Crippen LogP contribution in [-0.2, 0) is 38.3 Å². The van der Waals surface area contributed by atoms with E-state index in [0.29, 0.717) is 12.4 Å². The molecule has 0 saturated carbocycles. The van der Waals surface area contributed by atoms with E-state index in [1.807, 2.05) is 0 Å². The molecule has 43 heavy (non-hydrogen) atoms. The van der Waals surface area contributed by atoms with Crippen LogP contribution in [0.2, 0.25) is 0 Å². The Morgan fingerprint density at radius 2 is 1.26 bits per heavy atom. The van der Waals surface area contributed by atoms with Crippen molar-refractivity contribution in [3.05, 3.63) is 11.1 Å². The van der Waals surface area contributed by atoms with Gasteiger partial charge in [-0.1, -0.05) is 0 Å². The summed E-state index contributed by atoms with van der Waals surface area (Å²) in [5.41, 5.74) is 16.1. The summed E-state index contributed by atoms with van der Waals surface area (Å²) in [5, 5.41) is 18.4. The molecule has 18 heteroatoms. The van der Waals surface area contributed by atoms with Gasteiger partial charge >= 0.3 is 48.0 Å². The van der Waals surface area contributed by atoms with Crippen molar-refractivity contribution in [2.45, 2.75) is 83.0 Å². The van der Waals surface area contributed by atoms with Gasteiger partial charge in [-0.25, -0.2) is 4.79 Å². The number of carboxylic acid groups (broad SMARTS) is 1. The Balaban J connectivity index is 0. The first-order valence-corrected chi connectivity index (χ1v) is 12.9. The Hall–Kier alpha value is -3.59. The monoisotopic (exact) mass is 616 g/mol. The largest absolute Gasteiger partial charge is 1.00 e. The van der Waals surface area contributed by atoms with Crippen molar-refractivity contribution < 1.29 is 82.5 Å². The topological polar surface area (TPSA) is 264 Å². The minimum absolute atomic E-state index is 0. The molecule has 0 aliphatic carbocycles. The number of carboxylic acids is 1. The van der Waals surface area contributed by atoms with Gasteiger partial charge in [0.1, 0.15) is 17.7 Å². The van der Waals surface area contributed by atoms with Crippen LogP contribution < -0.4 is 50.6 Å². The van der Waals surface area contributed by atoms with E-state index in [1.54, 1.807) is 34.9 Å². The normalized spacial score (nSPS) is 12.5. The van der Waals surface area contributed by atoms with E-state index < -0.39 is 71.4 Å². The molecule has 3 amide bonds. The number of ketones is 2. The van der Waals surface area contributed by atoms with Crippen LogP contribution in [0.4, 0.5) is 0 Å². The third-order valence-corrected chi connectivity index (χ3v) is 5.16. The van der Waals surface area contributed by atoms with Crippen molar-refractivity contribution in [3.8, 4) is 0 Å². The van der Waals surface area contributed by atoms with Crippen molar-refractivity contribution >= 4 is 53.7 Å². The number of carbonyl (C=O) groups is 7. The molecule has 0 aromatic heterocycles. The Labute approximate surface area is 271 Å². The smallest absolute Gasteiger partial charge is 0.548 e. The fraction of sp³-hybridized carbons (Fsp3) is 0.640. The van der Waals surface area contributed by atoms with Crippen LogP contribution in [0.3, 0.4) is 0 Å². The molecule has 0 bridgehead atoms. The van der Waals surface area contributed by atoms with E-state index in [9.17, 15) is 38.7 Å². The molecule has 0 heterocycles. The first-order valence-electron chi connectivity index (χ1n) is 12.9. The van der Waals surface area contributed by atoms with E-state index >= 15 is 0 Å². The van der Waals surface area contributed by atoms with E-state index in [2.05, 4.69) is 25.5 Å². The first-order chi connectivity index (χ1) is 19.5. The van der Waals surface area contributed by atoms with Gasteiger partial charge in [-0.05, 0) is 54.1 Å². The predicted octanol–water partition coefficient (Wildman–Crippen LogP) is -5.82. The SMILES string of the molecule is CN(C)CC(=O)N[C@@H](CCC(=O)N[C@@H](CCC(=O)C=[N+]=[N-])C(=O)N[C@@H](CCC(=O)C=[N+]=[N-])C(=O)OC(C)(C)C)C(=O)[O-].[Na+]. The van der Waals surface area contributed by atoms with Crippen LogP contribution in [0.25, 0.3) is 11.1 Å². The summed E-state index contributed by atoms with van der Waals surface area (Å²) >= 11 is 0. The van der Waals surface area contributed by atoms with Crippen LogP contribution >= 0.6 is 0 Å². The Morgan fingerprint density at radius 3 is 1.70 bits per heavy atom. The first kappa shape index (κ1) is 41.5. The van der Waals surface area contributed by atoms with Crippen LogP contribution in [0, 0.1) is 0 Å². The molecule has 0 aliphatic rings. The van der Waals surface area contributed by atoms with Crippen molar-refractivity contribution in [1.82, 2.24) is 20.9 Å².